The lowest BCUT2D eigenvalue weighted by Crippen LogP contribution is -2.30. The van der Waals surface area contributed by atoms with Gasteiger partial charge in [-0.25, -0.2) is 0 Å². The molecule has 0 bridgehead atoms. The second-order valence-electron chi connectivity index (χ2n) is 10.1. The van der Waals surface area contributed by atoms with Gasteiger partial charge in [0.25, 0.3) is 0 Å². The van der Waals surface area contributed by atoms with E-state index in [-0.39, 0.29) is 23.8 Å². The van der Waals surface area contributed by atoms with Crippen molar-refractivity contribution >= 4 is 16.2 Å². The fourth-order valence-corrected chi connectivity index (χ4v) is 6.25. The summed E-state index contributed by atoms with van der Waals surface area (Å²) in [6, 6.07) is 2.14. The summed E-state index contributed by atoms with van der Waals surface area (Å²) in [6.45, 7) is 2.23. The summed E-state index contributed by atoms with van der Waals surface area (Å²) in [7, 11) is -9.72. The van der Waals surface area contributed by atoms with E-state index in [1.165, 1.54) is 57.8 Å². The van der Waals surface area contributed by atoms with Crippen LogP contribution in [0.15, 0.2) is 29.2 Å². The number of benzene rings is 1. The lowest BCUT2D eigenvalue weighted by Gasteiger charge is -2.40. The van der Waals surface area contributed by atoms with Crippen LogP contribution in [0.4, 0.5) is 19.4 Å². The van der Waals surface area contributed by atoms with Crippen LogP contribution in [0.3, 0.4) is 0 Å². The molecule has 0 radical (unpaired) electrons. The van der Waals surface area contributed by atoms with Gasteiger partial charge in [0.1, 0.15) is 10.6 Å². The number of unbranched alkanes of at least 4 members (excludes halogenated alkanes) is 3. The molecule has 0 atom stereocenters. The molecule has 33 heavy (non-hydrogen) atoms. The van der Waals surface area contributed by atoms with Crippen LogP contribution in [0.1, 0.15) is 90.4 Å². The van der Waals surface area contributed by atoms with Crippen LogP contribution < -0.4 is 4.74 Å². The zero-order valence-electron chi connectivity index (χ0n) is 19.4. The smallest absolute Gasteiger partial charge is 0.314 e. The number of carbonyl (C=O) groups excluding carboxylic acids is 1. The molecule has 8 heteroatoms. The normalized spacial score (nSPS) is 28.5. The van der Waals surface area contributed by atoms with E-state index in [4.69, 9.17) is 4.74 Å². The largest absolute Gasteiger partial charge is 0.426 e. The van der Waals surface area contributed by atoms with Crippen LogP contribution >= 0.6 is 10.2 Å². The Morgan fingerprint density at radius 2 is 1.36 bits per heavy atom. The first kappa shape index (κ1) is 26.3. The molecule has 0 aliphatic heterocycles. The fourth-order valence-electron chi connectivity index (χ4n) is 5.60. The molecular weight excluding hydrogens is 459 g/mol. The van der Waals surface area contributed by atoms with Crippen molar-refractivity contribution < 1.29 is 29.0 Å². The number of hydrogen-bond donors (Lipinski definition) is 0. The second-order valence-corrected chi connectivity index (χ2v) is 12.5. The van der Waals surface area contributed by atoms with E-state index in [0.29, 0.717) is 18.8 Å². The molecular formula is C25H37F5O2S. The Kier molecular flexibility index (Phi) is 7.77. The zero-order chi connectivity index (χ0) is 24.2. The molecule has 0 spiro atoms. The van der Waals surface area contributed by atoms with E-state index in [2.05, 4.69) is 6.92 Å². The van der Waals surface area contributed by atoms with Crippen molar-refractivity contribution in [1.29, 1.82) is 0 Å². The van der Waals surface area contributed by atoms with E-state index in [9.17, 15) is 24.2 Å². The van der Waals surface area contributed by atoms with Gasteiger partial charge in [-0.15, -0.1) is 0 Å². The van der Waals surface area contributed by atoms with Crippen LogP contribution in [0.5, 0.6) is 5.75 Å². The quantitative estimate of drug-likeness (QED) is 0.147. The predicted octanol–water partition coefficient (Wildman–Crippen LogP) is 9.83. The molecule has 0 heterocycles. The molecule has 2 aliphatic carbocycles. The lowest BCUT2D eigenvalue weighted by molar-refractivity contribution is -0.140. The average molecular weight is 497 g/mol. The highest BCUT2D eigenvalue weighted by Crippen LogP contribution is 3.02. The summed E-state index contributed by atoms with van der Waals surface area (Å²) in [5, 5.41) is 0. The fraction of sp³-hybridized carbons (Fsp3) is 0.720. The van der Waals surface area contributed by atoms with E-state index in [0.717, 1.165) is 36.8 Å². The third-order valence-corrected chi connectivity index (χ3v) is 8.78. The van der Waals surface area contributed by atoms with Gasteiger partial charge in [-0.05, 0) is 80.5 Å². The predicted molar refractivity (Wildman–Crippen MR) is 123 cm³/mol. The molecule has 2 fully saturated rings. The van der Waals surface area contributed by atoms with Gasteiger partial charge in [-0.2, -0.15) is 0 Å². The van der Waals surface area contributed by atoms with Crippen LogP contribution in [-0.4, -0.2) is 5.97 Å². The number of ether oxygens (including phenoxy) is 1. The van der Waals surface area contributed by atoms with Gasteiger partial charge in [0.15, 0.2) is 0 Å². The minimum absolute atomic E-state index is 0.134. The number of rotatable bonds is 9. The van der Waals surface area contributed by atoms with Crippen LogP contribution in [0.2, 0.25) is 0 Å². The average Bonchev–Trinajstić information content (AvgIpc) is 2.76. The van der Waals surface area contributed by atoms with Gasteiger partial charge in [-0.1, -0.05) is 71.3 Å². The van der Waals surface area contributed by atoms with Crippen LogP contribution in [-0.2, 0) is 4.79 Å². The van der Waals surface area contributed by atoms with Gasteiger partial charge in [0.05, 0.1) is 5.92 Å². The molecule has 2 nitrogen and oxygen atoms in total. The Bertz CT molecular complexity index is 778. The second kappa shape index (κ2) is 9.74. The van der Waals surface area contributed by atoms with Crippen molar-refractivity contribution in [2.45, 2.75) is 95.3 Å². The standard InChI is InChI=1S/C25H37F5O2S/c1-2-3-4-5-6-19-7-9-20(10-8-19)21-11-13-22(14-12-21)25(31)32-23-15-17-24(18-16-23)33(26,27,28,29)30/h15-22H,2-14H2,1H3. The first-order valence-corrected chi connectivity index (χ1v) is 14.4. The molecule has 2 saturated carbocycles. The van der Waals surface area contributed by atoms with E-state index >= 15 is 0 Å². The van der Waals surface area contributed by atoms with E-state index in [1.807, 2.05) is 0 Å². The molecule has 0 amide bonds. The van der Waals surface area contributed by atoms with Crippen molar-refractivity contribution in [3.63, 3.8) is 0 Å². The highest BCUT2D eigenvalue weighted by molar-refractivity contribution is 8.45. The maximum Gasteiger partial charge on any atom is 0.314 e. The monoisotopic (exact) mass is 496 g/mol. The third kappa shape index (κ3) is 7.86. The summed E-state index contributed by atoms with van der Waals surface area (Å²) in [5.74, 6) is 1.33. The van der Waals surface area contributed by atoms with Gasteiger partial charge in [0.2, 0.25) is 0 Å². The first-order chi connectivity index (χ1) is 15.4. The molecule has 3 rings (SSSR count). The summed E-state index contributed by atoms with van der Waals surface area (Å²) < 4.78 is 69.3. The SMILES string of the molecule is CCCCCCC1CCC(C2CCC(C(=O)Oc3ccc(S(F)(F)(F)(F)F)cc3)CC2)CC1. The molecule has 0 saturated heterocycles. The number of hydrogen-bond acceptors (Lipinski definition) is 2. The van der Waals surface area contributed by atoms with Gasteiger partial charge in [0, 0.05) is 0 Å². The number of carbonyl (C=O) groups is 1. The minimum Gasteiger partial charge on any atom is -0.426 e. The van der Waals surface area contributed by atoms with E-state index in [1.54, 1.807) is 0 Å². The van der Waals surface area contributed by atoms with Gasteiger partial charge in [-0.3, -0.25) is 4.79 Å². The third-order valence-electron chi connectivity index (χ3n) is 7.62. The van der Waals surface area contributed by atoms with Crippen molar-refractivity contribution in [3.05, 3.63) is 24.3 Å². The molecule has 0 unspecified atom stereocenters. The molecule has 0 aromatic heterocycles. The van der Waals surface area contributed by atoms with Gasteiger partial charge >= 0.3 is 16.2 Å². The van der Waals surface area contributed by atoms with Crippen molar-refractivity contribution in [1.82, 2.24) is 0 Å². The summed E-state index contributed by atoms with van der Waals surface area (Å²) in [6.07, 6.45) is 15.2. The molecule has 1 aromatic carbocycles. The number of esters is 1. The maximum atomic E-state index is 12.8. The van der Waals surface area contributed by atoms with Crippen molar-refractivity contribution in [2.24, 2.45) is 23.7 Å². The zero-order valence-corrected chi connectivity index (χ0v) is 20.2. The van der Waals surface area contributed by atoms with Crippen molar-refractivity contribution in [2.75, 3.05) is 0 Å². The topological polar surface area (TPSA) is 26.3 Å². The lowest BCUT2D eigenvalue weighted by atomic mass is 9.68. The number of halogens is 5. The molecule has 190 valence electrons. The Labute approximate surface area is 194 Å². The summed E-state index contributed by atoms with van der Waals surface area (Å²) in [4.78, 5) is 10.5. The Morgan fingerprint density at radius 1 is 0.818 bits per heavy atom. The Hall–Kier alpha value is -1.31. The first-order valence-electron chi connectivity index (χ1n) is 12.4. The molecule has 2 aliphatic rings. The Balaban J connectivity index is 1.41. The summed E-state index contributed by atoms with van der Waals surface area (Å²) >= 11 is 0. The minimum atomic E-state index is -9.72. The maximum absolute atomic E-state index is 12.8. The summed E-state index contributed by atoms with van der Waals surface area (Å²) in [5.41, 5.74) is 0. The van der Waals surface area contributed by atoms with Crippen LogP contribution in [0.25, 0.3) is 0 Å². The van der Waals surface area contributed by atoms with Crippen LogP contribution in [0, 0.1) is 23.7 Å². The highest BCUT2D eigenvalue weighted by Gasteiger charge is 2.65. The molecule has 0 N–H and O–H groups in total. The highest BCUT2D eigenvalue weighted by atomic mass is 32.5. The van der Waals surface area contributed by atoms with E-state index < -0.39 is 21.1 Å². The Morgan fingerprint density at radius 3 is 1.88 bits per heavy atom. The van der Waals surface area contributed by atoms with Crippen molar-refractivity contribution in [3.8, 4) is 5.75 Å². The van der Waals surface area contributed by atoms with Gasteiger partial charge < -0.3 is 4.74 Å². The molecule has 1 aromatic rings.